The summed E-state index contributed by atoms with van der Waals surface area (Å²) in [6.07, 6.45) is 0.503. The van der Waals surface area contributed by atoms with Gasteiger partial charge in [-0.05, 0) is 32.4 Å². The van der Waals surface area contributed by atoms with Gasteiger partial charge in [-0.25, -0.2) is 4.98 Å². The first-order valence-corrected chi connectivity index (χ1v) is 5.78. The van der Waals surface area contributed by atoms with Crippen molar-refractivity contribution in [2.24, 2.45) is 5.41 Å². The van der Waals surface area contributed by atoms with E-state index in [0.29, 0.717) is 17.8 Å². The van der Waals surface area contributed by atoms with Gasteiger partial charge in [0.1, 0.15) is 11.9 Å². The minimum Gasteiger partial charge on any atom is -0.481 e. The number of hydrogen-bond acceptors (Lipinski definition) is 4. The molecule has 0 saturated carbocycles. The van der Waals surface area contributed by atoms with Gasteiger partial charge >= 0.3 is 5.97 Å². The molecule has 0 fully saturated rings. The Morgan fingerprint density at radius 1 is 1.61 bits per heavy atom. The molecule has 0 bridgehead atoms. The van der Waals surface area contributed by atoms with Crippen LogP contribution in [-0.2, 0) is 4.79 Å². The first-order chi connectivity index (χ1) is 8.42. The Bertz CT molecular complexity index is 493. The van der Waals surface area contributed by atoms with Gasteiger partial charge in [0.25, 0.3) is 0 Å². The maximum Gasteiger partial charge on any atom is 0.311 e. The number of nitriles is 1. The van der Waals surface area contributed by atoms with Crippen LogP contribution >= 0.6 is 0 Å². The minimum absolute atomic E-state index is 0.240. The van der Waals surface area contributed by atoms with Gasteiger partial charge in [0.15, 0.2) is 0 Å². The summed E-state index contributed by atoms with van der Waals surface area (Å²) in [5, 5.41) is 21.1. The highest BCUT2D eigenvalue weighted by Gasteiger charge is 2.31. The number of nitrogens with one attached hydrogen (secondary N) is 1. The van der Waals surface area contributed by atoms with Crippen molar-refractivity contribution in [3.63, 3.8) is 0 Å². The lowest BCUT2D eigenvalue weighted by Crippen LogP contribution is -2.34. The predicted molar refractivity (Wildman–Crippen MR) is 68.2 cm³/mol. The Balaban J connectivity index is 2.90. The number of anilines is 1. The molecule has 2 N–H and O–H groups in total. The van der Waals surface area contributed by atoms with Crippen LogP contribution in [0.15, 0.2) is 12.1 Å². The van der Waals surface area contributed by atoms with Crippen molar-refractivity contribution < 1.29 is 9.90 Å². The van der Waals surface area contributed by atoms with Crippen LogP contribution in [0.4, 0.5) is 5.82 Å². The average molecular weight is 247 g/mol. The van der Waals surface area contributed by atoms with Crippen LogP contribution in [0.1, 0.15) is 31.5 Å². The number of aryl methyl sites for hydroxylation is 1. The summed E-state index contributed by atoms with van der Waals surface area (Å²) in [6, 6.07) is 5.46. The monoisotopic (exact) mass is 247 g/mol. The van der Waals surface area contributed by atoms with Crippen molar-refractivity contribution >= 4 is 11.8 Å². The number of carbonyl (C=O) groups is 1. The van der Waals surface area contributed by atoms with E-state index in [2.05, 4.69) is 10.3 Å². The number of rotatable bonds is 5. The summed E-state index contributed by atoms with van der Waals surface area (Å²) in [6.45, 7) is 5.56. The lowest BCUT2D eigenvalue weighted by atomic mass is 9.88. The third kappa shape index (κ3) is 2.98. The maximum absolute atomic E-state index is 11.2. The number of carboxylic acid groups (broad SMARTS) is 1. The summed E-state index contributed by atoms with van der Waals surface area (Å²) in [5.74, 6) is -0.415. The summed E-state index contributed by atoms with van der Waals surface area (Å²) in [4.78, 5) is 15.4. The fourth-order valence-electron chi connectivity index (χ4n) is 1.41. The number of aromatic nitrogens is 1. The van der Waals surface area contributed by atoms with Crippen molar-refractivity contribution in [2.75, 3.05) is 11.9 Å². The van der Waals surface area contributed by atoms with E-state index in [0.717, 1.165) is 5.69 Å². The van der Waals surface area contributed by atoms with Crippen LogP contribution in [-0.4, -0.2) is 22.6 Å². The Kier molecular flexibility index (Phi) is 4.27. The molecule has 1 unspecified atom stereocenters. The van der Waals surface area contributed by atoms with E-state index in [9.17, 15) is 4.79 Å². The van der Waals surface area contributed by atoms with Crippen molar-refractivity contribution in [1.82, 2.24) is 4.98 Å². The number of carboxylic acids is 1. The Hall–Kier alpha value is -2.09. The van der Waals surface area contributed by atoms with Crippen LogP contribution in [0.3, 0.4) is 0 Å². The van der Waals surface area contributed by atoms with Gasteiger partial charge in [-0.15, -0.1) is 0 Å². The summed E-state index contributed by atoms with van der Waals surface area (Å²) >= 11 is 0. The molecule has 0 amide bonds. The van der Waals surface area contributed by atoms with E-state index in [1.54, 1.807) is 19.1 Å². The normalized spacial score (nSPS) is 13.4. The second kappa shape index (κ2) is 5.50. The summed E-state index contributed by atoms with van der Waals surface area (Å²) in [7, 11) is 0. The van der Waals surface area contributed by atoms with Crippen LogP contribution in [0.2, 0.25) is 0 Å². The van der Waals surface area contributed by atoms with E-state index in [1.165, 1.54) is 0 Å². The average Bonchev–Trinajstić information content (AvgIpc) is 2.35. The fraction of sp³-hybridized carbons (Fsp3) is 0.462. The van der Waals surface area contributed by atoms with Gasteiger partial charge in [0.2, 0.25) is 0 Å². The van der Waals surface area contributed by atoms with Gasteiger partial charge in [-0.3, -0.25) is 4.79 Å². The Morgan fingerprint density at radius 3 is 2.78 bits per heavy atom. The van der Waals surface area contributed by atoms with Gasteiger partial charge in [-0.1, -0.05) is 6.92 Å². The SMILES string of the molecule is CCC(C)(CNc1nc(C)ccc1C#N)C(=O)O. The second-order valence-electron chi connectivity index (χ2n) is 4.53. The standard InChI is InChI=1S/C13H17N3O2/c1-4-13(3,12(17)18)8-15-11-10(7-14)6-5-9(2)16-11/h5-6H,4,8H2,1-3H3,(H,15,16)(H,17,18). The van der Waals surface area contributed by atoms with Crippen LogP contribution < -0.4 is 5.32 Å². The molecule has 0 aliphatic rings. The lowest BCUT2D eigenvalue weighted by Gasteiger charge is -2.23. The lowest BCUT2D eigenvalue weighted by molar-refractivity contribution is -0.147. The molecule has 1 atom stereocenters. The highest BCUT2D eigenvalue weighted by molar-refractivity contribution is 5.75. The molecule has 5 heteroatoms. The smallest absolute Gasteiger partial charge is 0.311 e. The van der Waals surface area contributed by atoms with E-state index >= 15 is 0 Å². The van der Waals surface area contributed by atoms with Gasteiger partial charge in [-0.2, -0.15) is 5.26 Å². The highest BCUT2D eigenvalue weighted by atomic mass is 16.4. The number of hydrogen-bond donors (Lipinski definition) is 2. The topological polar surface area (TPSA) is 86.0 Å². The molecule has 0 aliphatic carbocycles. The van der Waals surface area contributed by atoms with E-state index in [4.69, 9.17) is 10.4 Å². The minimum atomic E-state index is -0.863. The molecular weight excluding hydrogens is 230 g/mol. The quantitative estimate of drug-likeness (QED) is 0.832. The molecular formula is C13H17N3O2. The van der Waals surface area contributed by atoms with Crippen molar-refractivity contribution in [3.8, 4) is 6.07 Å². The summed E-state index contributed by atoms with van der Waals surface area (Å²) in [5.41, 5.74) is 0.340. The number of aliphatic carboxylic acids is 1. The van der Waals surface area contributed by atoms with E-state index in [1.807, 2.05) is 19.9 Å². The van der Waals surface area contributed by atoms with Crippen molar-refractivity contribution in [3.05, 3.63) is 23.4 Å². The first kappa shape index (κ1) is 14.0. The van der Waals surface area contributed by atoms with Crippen LogP contribution in [0.25, 0.3) is 0 Å². The van der Waals surface area contributed by atoms with Crippen LogP contribution in [0, 0.1) is 23.7 Å². The fourth-order valence-corrected chi connectivity index (χ4v) is 1.41. The molecule has 5 nitrogen and oxygen atoms in total. The van der Waals surface area contributed by atoms with Crippen molar-refractivity contribution in [1.29, 1.82) is 5.26 Å². The molecule has 1 heterocycles. The molecule has 96 valence electrons. The third-order valence-electron chi connectivity index (χ3n) is 3.10. The van der Waals surface area contributed by atoms with Gasteiger partial charge < -0.3 is 10.4 Å². The molecule has 1 rings (SSSR count). The van der Waals surface area contributed by atoms with E-state index in [-0.39, 0.29) is 6.54 Å². The molecule has 0 aromatic carbocycles. The predicted octanol–water partition coefficient (Wildman–Crippen LogP) is 2.17. The molecule has 0 spiro atoms. The molecule has 0 radical (unpaired) electrons. The zero-order valence-electron chi connectivity index (χ0n) is 10.8. The van der Waals surface area contributed by atoms with Crippen molar-refractivity contribution in [2.45, 2.75) is 27.2 Å². The largest absolute Gasteiger partial charge is 0.481 e. The third-order valence-corrected chi connectivity index (χ3v) is 3.10. The molecule has 0 saturated heterocycles. The highest BCUT2D eigenvalue weighted by Crippen LogP contribution is 2.23. The van der Waals surface area contributed by atoms with Gasteiger partial charge in [0, 0.05) is 12.2 Å². The zero-order valence-corrected chi connectivity index (χ0v) is 10.8. The molecule has 18 heavy (non-hydrogen) atoms. The second-order valence-corrected chi connectivity index (χ2v) is 4.53. The maximum atomic E-state index is 11.2. The number of pyridine rings is 1. The molecule has 1 aromatic heterocycles. The van der Waals surface area contributed by atoms with Gasteiger partial charge in [0.05, 0.1) is 11.0 Å². The molecule has 0 aliphatic heterocycles. The summed E-state index contributed by atoms with van der Waals surface area (Å²) < 4.78 is 0. The van der Waals surface area contributed by atoms with E-state index < -0.39 is 11.4 Å². The Labute approximate surface area is 106 Å². The zero-order chi connectivity index (χ0) is 13.8. The van der Waals surface area contributed by atoms with Crippen LogP contribution in [0.5, 0.6) is 0 Å². The number of nitrogens with zero attached hydrogens (tertiary/aromatic N) is 2. The molecule has 1 aromatic rings. The first-order valence-electron chi connectivity index (χ1n) is 5.78. The Morgan fingerprint density at radius 2 is 2.28 bits per heavy atom.